The van der Waals surface area contributed by atoms with Crippen molar-refractivity contribution in [2.24, 2.45) is 0 Å². The fourth-order valence-electron chi connectivity index (χ4n) is 3.48. The summed E-state index contributed by atoms with van der Waals surface area (Å²) in [6.45, 7) is 4.47. The van der Waals surface area contributed by atoms with E-state index in [-0.39, 0.29) is 18.5 Å². The van der Waals surface area contributed by atoms with Gasteiger partial charge in [0.15, 0.2) is 33.7 Å². The average molecular weight is 465 g/mol. The number of amides is 1. The summed E-state index contributed by atoms with van der Waals surface area (Å²) in [4.78, 5) is 12.5. The SMILES string of the molecule is C=CCn1c(SCC(=O)Nc2ccc3c(c2)OCO3)nnc1-c1cc2cccc(OC)c2o1. The molecular weight excluding hydrogens is 444 g/mol. The number of para-hydroxylation sites is 1. The minimum atomic E-state index is -0.179. The van der Waals surface area contributed by atoms with Crippen molar-refractivity contribution in [2.75, 3.05) is 25.0 Å². The van der Waals surface area contributed by atoms with E-state index < -0.39 is 0 Å². The lowest BCUT2D eigenvalue weighted by atomic mass is 10.2. The fourth-order valence-corrected chi connectivity index (χ4v) is 4.23. The Morgan fingerprint density at radius 1 is 1.24 bits per heavy atom. The van der Waals surface area contributed by atoms with Crippen molar-refractivity contribution in [3.63, 3.8) is 0 Å². The Hall–Kier alpha value is -3.92. The lowest BCUT2D eigenvalue weighted by molar-refractivity contribution is -0.113. The third-order valence-corrected chi connectivity index (χ3v) is 5.93. The Morgan fingerprint density at radius 2 is 2.12 bits per heavy atom. The molecule has 0 fully saturated rings. The van der Waals surface area contributed by atoms with E-state index in [1.807, 2.05) is 28.8 Å². The molecule has 0 spiro atoms. The van der Waals surface area contributed by atoms with Crippen LogP contribution < -0.4 is 19.5 Å². The lowest BCUT2D eigenvalue weighted by Crippen LogP contribution is -2.14. The van der Waals surface area contributed by atoms with Gasteiger partial charge in [0.2, 0.25) is 18.5 Å². The highest BCUT2D eigenvalue weighted by Gasteiger charge is 2.20. The number of nitrogens with zero attached hydrogens (tertiary/aromatic N) is 3. The van der Waals surface area contributed by atoms with Crippen LogP contribution in [0.5, 0.6) is 17.2 Å². The van der Waals surface area contributed by atoms with E-state index >= 15 is 0 Å². The van der Waals surface area contributed by atoms with E-state index in [1.165, 1.54) is 11.8 Å². The molecule has 5 rings (SSSR count). The number of furan rings is 1. The number of benzene rings is 2. The third kappa shape index (κ3) is 4.12. The van der Waals surface area contributed by atoms with Crippen molar-refractivity contribution in [3.8, 4) is 28.8 Å². The predicted molar refractivity (Wildman–Crippen MR) is 124 cm³/mol. The van der Waals surface area contributed by atoms with Crippen LogP contribution in [0.4, 0.5) is 5.69 Å². The first-order valence-electron chi connectivity index (χ1n) is 10.1. The van der Waals surface area contributed by atoms with Crippen molar-refractivity contribution in [1.82, 2.24) is 14.8 Å². The summed E-state index contributed by atoms with van der Waals surface area (Å²) in [7, 11) is 1.60. The predicted octanol–water partition coefficient (Wildman–Crippen LogP) is 4.35. The molecule has 0 saturated carbocycles. The summed E-state index contributed by atoms with van der Waals surface area (Å²) in [6, 6.07) is 12.8. The van der Waals surface area contributed by atoms with Crippen LogP contribution in [-0.2, 0) is 11.3 Å². The monoisotopic (exact) mass is 464 g/mol. The highest BCUT2D eigenvalue weighted by Crippen LogP contribution is 2.35. The Balaban J connectivity index is 1.33. The minimum absolute atomic E-state index is 0.150. The molecule has 2 aromatic carbocycles. The number of ether oxygens (including phenoxy) is 3. The second kappa shape index (κ2) is 8.91. The smallest absolute Gasteiger partial charge is 0.234 e. The van der Waals surface area contributed by atoms with E-state index in [0.717, 1.165) is 5.39 Å². The number of methoxy groups -OCH3 is 1. The maximum atomic E-state index is 12.5. The van der Waals surface area contributed by atoms with Gasteiger partial charge in [-0.3, -0.25) is 9.36 Å². The van der Waals surface area contributed by atoms with Gasteiger partial charge in [-0.15, -0.1) is 16.8 Å². The number of thioether (sulfide) groups is 1. The second-order valence-electron chi connectivity index (χ2n) is 7.10. The van der Waals surface area contributed by atoms with Crippen LogP contribution in [0.2, 0.25) is 0 Å². The molecular formula is C23H20N4O5S. The summed E-state index contributed by atoms with van der Waals surface area (Å²) in [5.41, 5.74) is 1.27. The van der Waals surface area contributed by atoms with Gasteiger partial charge < -0.3 is 23.9 Å². The molecule has 1 aliphatic heterocycles. The number of fused-ring (bicyclic) bond motifs is 2. The van der Waals surface area contributed by atoms with Crippen molar-refractivity contribution in [3.05, 3.63) is 55.1 Å². The number of hydrogen-bond donors (Lipinski definition) is 1. The zero-order valence-electron chi connectivity index (χ0n) is 17.7. The molecule has 4 aromatic rings. The van der Waals surface area contributed by atoms with Gasteiger partial charge in [0.25, 0.3) is 0 Å². The number of nitrogens with one attached hydrogen (secondary N) is 1. The summed E-state index contributed by atoms with van der Waals surface area (Å²) < 4.78 is 23.9. The summed E-state index contributed by atoms with van der Waals surface area (Å²) in [6.07, 6.45) is 1.74. The van der Waals surface area contributed by atoms with Crippen LogP contribution >= 0.6 is 11.8 Å². The molecule has 33 heavy (non-hydrogen) atoms. The quantitative estimate of drug-likeness (QED) is 0.304. The van der Waals surface area contributed by atoms with Gasteiger partial charge in [-0.1, -0.05) is 30.0 Å². The molecule has 0 bridgehead atoms. The van der Waals surface area contributed by atoms with E-state index in [9.17, 15) is 4.79 Å². The molecule has 2 aromatic heterocycles. The first-order chi connectivity index (χ1) is 16.2. The van der Waals surface area contributed by atoms with Crippen LogP contribution in [0, 0.1) is 0 Å². The zero-order valence-corrected chi connectivity index (χ0v) is 18.6. The van der Waals surface area contributed by atoms with Gasteiger partial charge >= 0.3 is 0 Å². The number of aromatic nitrogens is 3. The second-order valence-corrected chi connectivity index (χ2v) is 8.04. The van der Waals surface area contributed by atoms with Gasteiger partial charge in [-0.05, 0) is 24.3 Å². The molecule has 0 saturated heterocycles. The number of hydrogen-bond acceptors (Lipinski definition) is 8. The molecule has 3 heterocycles. The molecule has 168 valence electrons. The Labute approximate surface area is 193 Å². The van der Waals surface area contributed by atoms with Gasteiger partial charge in [-0.2, -0.15) is 0 Å². The van der Waals surface area contributed by atoms with Crippen molar-refractivity contribution < 1.29 is 23.4 Å². The first kappa shape index (κ1) is 21.0. The molecule has 1 N–H and O–H groups in total. The van der Waals surface area contributed by atoms with E-state index in [0.29, 0.717) is 51.8 Å². The maximum absolute atomic E-state index is 12.5. The topological polar surface area (TPSA) is 101 Å². The molecule has 0 unspecified atom stereocenters. The van der Waals surface area contributed by atoms with Gasteiger partial charge in [0.1, 0.15) is 0 Å². The standard InChI is InChI=1S/C23H20N4O5S/c1-3-9-27-22(19-10-14-5-4-6-17(29-2)21(14)32-19)25-26-23(27)33-12-20(28)24-15-7-8-16-18(11-15)31-13-30-16/h3-8,10-11H,1,9,12-13H2,2H3,(H,24,28). The van der Waals surface area contributed by atoms with Crippen LogP contribution in [-0.4, -0.2) is 40.3 Å². The van der Waals surface area contributed by atoms with E-state index in [2.05, 4.69) is 22.1 Å². The number of carbonyl (C=O) groups is 1. The van der Waals surface area contributed by atoms with Crippen molar-refractivity contribution >= 4 is 34.3 Å². The number of allylic oxidation sites excluding steroid dienone is 1. The minimum Gasteiger partial charge on any atom is -0.493 e. The number of carbonyl (C=O) groups excluding carboxylic acids is 1. The zero-order chi connectivity index (χ0) is 22.8. The van der Waals surface area contributed by atoms with Gasteiger partial charge in [-0.25, -0.2) is 0 Å². The highest BCUT2D eigenvalue weighted by atomic mass is 32.2. The van der Waals surface area contributed by atoms with Gasteiger partial charge in [0.05, 0.1) is 12.9 Å². The van der Waals surface area contributed by atoms with Crippen LogP contribution in [0.25, 0.3) is 22.6 Å². The molecule has 0 radical (unpaired) electrons. The number of rotatable bonds is 8. The molecule has 10 heteroatoms. The van der Waals surface area contributed by atoms with Crippen molar-refractivity contribution in [2.45, 2.75) is 11.7 Å². The number of anilines is 1. The lowest BCUT2D eigenvalue weighted by Gasteiger charge is -2.07. The molecule has 1 amide bonds. The molecule has 0 aliphatic carbocycles. The molecule has 0 atom stereocenters. The van der Waals surface area contributed by atoms with Gasteiger partial charge in [0, 0.05) is 23.7 Å². The van der Waals surface area contributed by atoms with E-state index in [1.54, 1.807) is 31.4 Å². The summed E-state index contributed by atoms with van der Waals surface area (Å²) in [5.74, 6) is 2.99. The first-order valence-corrected chi connectivity index (χ1v) is 11.1. The molecule has 9 nitrogen and oxygen atoms in total. The molecule has 1 aliphatic rings. The Bertz CT molecular complexity index is 1350. The van der Waals surface area contributed by atoms with Crippen LogP contribution in [0.3, 0.4) is 0 Å². The average Bonchev–Trinajstić information content (AvgIpc) is 3.55. The highest BCUT2D eigenvalue weighted by molar-refractivity contribution is 7.99. The Morgan fingerprint density at radius 3 is 2.97 bits per heavy atom. The normalized spacial score (nSPS) is 12.2. The summed E-state index contributed by atoms with van der Waals surface area (Å²) in [5, 5.41) is 12.9. The largest absolute Gasteiger partial charge is 0.493 e. The van der Waals surface area contributed by atoms with Crippen LogP contribution in [0.15, 0.2) is 64.7 Å². The fraction of sp³-hybridized carbons (Fsp3) is 0.174. The van der Waals surface area contributed by atoms with Crippen LogP contribution in [0.1, 0.15) is 0 Å². The van der Waals surface area contributed by atoms with E-state index in [4.69, 9.17) is 18.6 Å². The summed E-state index contributed by atoms with van der Waals surface area (Å²) >= 11 is 1.28. The maximum Gasteiger partial charge on any atom is 0.234 e. The van der Waals surface area contributed by atoms with Crippen molar-refractivity contribution in [1.29, 1.82) is 0 Å². The third-order valence-electron chi connectivity index (χ3n) is 4.97. The Kier molecular flexibility index (Phi) is 5.66.